The number of allylic oxidation sites excluding steroid dienone is 1. The standard InChI is InChI=1S/C27H20F2N6O2/c28-21-8-6-17(13-22(21)29)33-27-31-10-9-23(35-27)25(36)4-2-1-3-16-5-7-19-20(12-18-14-30-15-32-18)26(37)34-24(19)11-16/h1,3,5-15H,2,4H2,(H,30,32)(H,34,37)(H,31,33,35)/b3-1+,20-12-. The highest BCUT2D eigenvalue weighted by Gasteiger charge is 2.24. The average molecular weight is 498 g/mol. The van der Waals surface area contributed by atoms with E-state index in [2.05, 4.69) is 30.6 Å². The highest BCUT2D eigenvalue weighted by atomic mass is 19.2. The van der Waals surface area contributed by atoms with Crippen LogP contribution < -0.4 is 10.6 Å². The van der Waals surface area contributed by atoms with E-state index in [1.165, 1.54) is 18.3 Å². The van der Waals surface area contributed by atoms with Gasteiger partial charge in [-0.15, -0.1) is 0 Å². The maximum Gasteiger partial charge on any atom is 0.256 e. The Hall–Kier alpha value is -4.99. The summed E-state index contributed by atoms with van der Waals surface area (Å²) in [6.45, 7) is 0. The average Bonchev–Trinajstić information content (AvgIpc) is 3.52. The Bertz CT molecular complexity index is 1550. The maximum absolute atomic E-state index is 13.4. The van der Waals surface area contributed by atoms with Crippen molar-refractivity contribution < 1.29 is 18.4 Å². The molecule has 184 valence electrons. The minimum absolute atomic E-state index is 0.105. The molecule has 2 aromatic carbocycles. The van der Waals surface area contributed by atoms with Crippen LogP contribution in [0.1, 0.15) is 40.2 Å². The summed E-state index contributed by atoms with van der Waals surface area (Å²) < 4.78 is 26.5. The number of carbonyl (C=O) groups is 2. The zero-order valence-electron chi connectivity index (χ0n) is 19.3. The van der Waals surface area contributed by atoms with Crippen molar-refractivity contribution in [2.24, 2.45) is 0 Å². The summed E-state index contributed by atoms with van der Waals surface area (Å²) in [5.41, 5.74) is 4.19. The third kappa shape index (κ3) is 5.48. The molecule has 0 fully saturated rings. The number of benzene rings is 2. The number of rotatable bonds is 8. The van der Waals surface area contributed by atoms with Gasteiger partial charge in [-0.05, 0) is 42.3 Å². The Morgan fingerprint density at radius 2 is 1.97 bits per heavy atom. The Morgan fingerprint density at radius 1 is 1.08 bits per heavy atom. The number of H-pyrrole nitrogens is 1. The number of nitrogens with one attached hydrogen (secondary N) is 3. The number of aromatic amines is 1. The van der Waals surface area contributed by atoms with Gasteiger partial charge in [-0.3, -0.25) is 9.59 Å². The molecule has 4 aromatic rings. The smallest absolute Gasteiger partial charge is 0.256 e. The maximum atomic E-state index is 13.4. The summed E-state index contributed by atoms with van der Waals surface area (Å²) >= 11 is 0. The van der Waals surface area contributed by atoms with Gasteiger partial charge < -0.3 is 15.6 Å². The summed E-state index contributed by atoms with van der Waals surface area (Å²) in [5, 5.41) is 5.63. The van der Waals surface area contributed by atoms with E-state index in [9.17, 15) is 18.4 Å². The van der Waals surface area contributed by atoms with E-state index in [0.29, 0.717) is 12.0 Å². The number of aromatic nitrogens is 4. The lowest BCUT2D eigenvalue weighted by Crippen LogP contribution is -2.05. The van der Waals surface area contributed by atoms with Crippen molar-refractivity contribution in [3.8, 4) is 0 Å². The van der Waals surface area contributed by atoms with Crippen LogP contribution in [0.4, 0.5) is 26.1 Å². The van der Waals surface area contributed by atoms with Crippen molar-refractivity contribution in [2.45, 2.75) is 12.8 Å². The van der Waals surface area contributed by atoms with Gasteiger partial charge in [0.1, 0.15) is 5.69 Å². The van der Waals surface area contributed by atoms with Crippen LogP contribution in [0.25, 0.3) is 17.7 Å². The van der Waals surface area contributed by atoms with Gasteiger partial charge in [0.25, 0.3) is 5.91 Å². The number of halogens is 2. The van der Waals surface area contributed by atoms with E-state index in [1.54, 1.807) is 18.6 Å². The zero-order chi connectivity index (χ0) is 25.8. The van der Waals surface area contributed by atoms with Crippen LogP contribution >= 0.6 is 0 Å². The zero-order valence-corrected chi connectivity index (χ0v) is 19.3. The van der Waals surface area contributed by atoms with E-state index < -0.39 is 11.6 Å². The molecular weight excluding hydrogens is 478 g/mol. The Kier molecular flexibility index (Phi) is 6.62. The number of anilines is 3. The van der Waals surface area contributed by atoms with Crippen LogP contribution in [-0.2, 0) is 4.79 Å². The first-order valence-electron chi connectivity index (χ1n) is 11.4. The van der Waals surface area contributed by atoms with E-state index in [-0.39, 0.29) is 35.4 Å². The van der Waals surface area contributed by atoms with E-state index in [4.69, 9.17) is 0 Å². The van der Waals surface area contributed by atoms with Crippen molar-refractivity contribution >= 4 is 46.7 Å². The van der Waals surface area contributed by atoms with Crippen LogP contribution in [0.3, 0.4) is 0 Å². The van der Waals surface area contributed by atoms with Crippen molar-refractivity contribution in [2.75, 3.05) is 10.6 Å². The molecule has 2 aromatic heterocycles. The predicted molar refractivity (Wildman–Crippen MR) is 136 cm³/mol. The highest BCUT2D eigenvalue weighted by Crippen LogP contribution is 2.33. The first-order chi connectivity index (χ1) is 18.0. The van der Waals surface area contributed by atoms with Gasteiger partial charge in [-0.1, -0.05) is 24.3 Å². The Balaban J connectivity index is 1.19. The molecule has 3 N–H and O–H groups in total. The first kappa shape index (κ1) is 23.7. The summed E-state index contributed by atoms with van der Waals surface area (Å²) in [4.78, 5) is 40.1. The van der Waals surface area contributed by atoms with Gasteiger partial charge in [-0.25, -0.2) is 23.7 Å². The lowest BCUT2D eigenvalue weighted by atomic mass is 10.0. The number of hydrogen-bond acceptors (Lipinski definition) is 6. The molecule has 0 spiro atoms. The van der Waals surface area contributed by atoms with Crippen LogP contribution in [0, 0.1) is 11.6 Å². The molecule has 0 saturated carbocycles. The van der Waals surface area contributed by atoms with Crippen molar-refractivity contribution in [3.05, 3.63) is 101 Å². The van der Waals surface area contributed by atoms with Gasteiger partial charge in [0.2, 0.25) is 5.95 Å². The van der Waals surface area contributed by atoms with Gasteiger partial charge in [0, 0.05) is 35.6 Å². The molecule has 5 rings (SSSR count). The molecule has 37 heavy (non-hydrogen) atoms. The molecule has 1 aliphatic heterocycles. The molecule has 10 heteroatoms. The highest BCUT2D eigenvalue weighted by molar-refractivity contribution is 6.34. The monoisotopic (exact) mass is 498 g/mol. The van der Waals surface area contributed by atoms with Crippen molar-refractivity contribution in [3.63, 3.8) is 0 Å². The second-order valence-electron chi connectivity index (χ2n) is 8.21. The van der Waals surface area contributed by atoms with Crippen molar-refractivity contribution in [1.29, 1.82) is 0 Å². The molecule has 0 bridgehead atoms. The van der Waals surface area contributed by atoms with E-state index in [1.807, 2.05) is 30.4 Å². The second kappa shape index (κ2) is 10.3. The van der Waals surface area contributed by atoms with Gasteiger partial charge in [0.15, 0.2) is 17.4 Å². The lowest BCUT2D eigenvalue weighted by Gasteiger charge is -2.06. The lowest BCUT2D eigenvalue weighted by molar-refractivity contribution is -0.110. The molecule has 0 saturated heterocycles. The molecular formula is C27H20F2N6O2. The molecule has 3 heterocycles. The number of ketones is 1. The minimum Gasteiger partial charge on any atom is -0.345 e. The normalized spacial score (nSPS) is 13.7. The van der Waals surface area contributed by atoms with Crippen LogP contribution in [0.2, 0.25) is 0 Å². The fourth-order valence-electron chi connectivity index (χ4n) is 3.80. The van der Waals surface area contributed by atoms with E-state index in [0.717, 1.165) is 34.6 Å². The molecule has 1 amide bonds. The SMILES string of the molecule is O=C1Nc2cc(/C=C/CCC(=O)c3ccnc(Nc4ccc(F)c(F)c4)n3)ccc2/C1=C/c1cnc[nH]1. The van der Waals surface area contributed by atoms with Crippen LogP contribution in [-0.4, -0.2) is 31.6 Å². The summed E-state index contributed by atoms with van der Waals surface area (Å²) in [6.07, 6.45) is 10.8. The molecule has 0 aliphatic carbocycles. The largest absolute Gasteiger partial charge is 0.345 e. The topological polar surface area (TPSA) is 113 Å². The minimum atomic E-state index is -0.999. The third-order valence-corrected chi connectivity index (χ3v) is 5.61. The molecule has 8 nitrogen and oxygen atoms in total. The quantitative estimate of drug-likeness (QED) is 0.222. The third-order valence-electron chi connectivity index (χ3n) is 5.61. The number of Topliss-reactive ketones (excluding diaryl/α,β-unsaturated/α-hetero) is 1. The number of amides is 1. The first-order valence-corrected chi connectivity index (χ1v) is 11.4. The summed E-state index contributed by atoms with van der Waals surface area (Å²) in [5.74, 6) is -2.22. The van der Waals surface area contributed by atoms with Gasteiger partial charge in [0.05, 0.1) is 23.8 Å². The number of fused-ring (bicyclic) bond motifs is 1. The van der Waals surface area contributed by atoms with E-state index >= 15 is 0 Å². The second-order valence-corrected chi connectivity index (χ2v) is 8.21. The Morgan fingerprint density at radius 3 is 2.78 bits per heavy atom. The number of carbonyl (C=O) groups excluding carboxylic acids is 2. The molecule has 1 aliphatic rings. The summed E-state index contributed by atoms with van der Waals surface area (Å²) in [6, 6.07) is 10.5. The fourth-order valence-corrected chi connectivity index (χ4v) is 3.80. The Labute approximate surface area is 210 Å². The van der Waals surface area contributed by atoms with Crippen molar-refractivity contribution in [1.82, 2.24) is 19.9 Å². The number of hydrogen-bond donors (Lipinski definition) is 3. The molecule has 0 unspecified atom stereocenters. The number of nitrogens with zero attached hydrogens (tertiary/aromatic N) is 3. The molecule has 0 atom stereocenters. The van der Waals surface area contributed by atoms with Crippen LogP contribution in [0.5, 0.6) is 0 Å². The summed E-state index contributed by atoms with van der Waals surface area (Å²) in [7, 11) is 0. The number of imidazole rings is 1. The van der Waals surface area contributed by atoms with Gasteiger partial charge in [-0.2, -0.15) is 0 Å². The predicted octanol–water partition coefficient (Wildman–Crippen LogP) is 5.39. The van der Waals surface area contributed by atoms with Crippen LogP contribution in [0.15, 0.2) is 67.3 Å². The fraction of sp³-hybridized carbons (Fsp3) is 0.0741. The molecule has 0 radical (unpaired) electrons. The van der Waals surface area contributed by atoms with Gasteiger partial charge >= 0.3 is 0 Å².